The van der Waals surface area contributed by atoms with Crippen molar-refractivity contribution in [2.24, 2.45) is 0 Å². The van der Waals surface area contributed by atoms with E-state index < -0.39 is 0 Å². The van der Waals surface area contributed by atoms with Gasteiger partial charge in [-0.1, -0.05) is 84.9 Å². The summed E-state index contributed by atoms with van der Waals surface area (Å²) in [5, 5.41) is 5.14. The van der Waals surface area contributed by atoms with Crippen molar-refractivity contribution in [3.63, 3.8) is 0 Å². The first-order valence-corrected chi connectivity index (χ1v) is 11.8. The van der Waals surface area contributed by atoms with Crippen LogP contribution in [-0.4, -0.2) is 9.97 Å². The quantitative estimate of drug-likeness (QED) is 0.270. The maximum Gasteiger partial charge on any atom is 0.0973 e. The predicted octanol–water partition coefficient (Wildman–Crippen LogP) is 8.48. The minimum Gasteiger partial charge on any atom is -0.244 e. The number of fused-ring (bicyclic) bond motifs is 6. The largest absolute Gasteiger partial charge is 0.244 e. The summed E-state index contributed by atoms with van der Waals surface area (Å²) in [5.74, 6) is 0. The SMILES string of the molecule is c1ccc(-c2nc3ccccc3nc2-c2ccc3ccc4c5ccccc5sc4c3c2)cc1. The molecule has 7 aromatic rings. The Labute approximate surface area is 194 Å². The Bertz CT molecular complexity index is 1820. The van der Waals surface area contributed by atoms with E-state index in [-0.39, 0.29) is 0 Å². The van der Waals surface area contributed by atoms with Crippen LogP contribution in [-0.2, 0) is 0 Å². The highest BCUT2D eigenvalue weighted by molar-refractivity contribution is 7.26. The molecule has 2 heterocycles. The van der Waals surface area contributed by atoms with Crippen LogP contribution in [0.25, 0.3) is 64.5 Å². The number of aromatic nitrogens is 2. The fourth-order valence-electron chi connectivity index (χ4n) is 4.65. The van der Waals surface area contributed by atoms with Crippen molar-refractivity contribution in [2.45, 2.75) is 0 Å². The molecular formula is C30H18N2S. The second-order valence-electron chi connectivity index (χ2n) is 8.25. The van der Waals surface area contributed by atoms with Crippen LogP contribution in [0.15, 0.2) is 109 Å². The molecule has 0 aliphatic heterocycles. The second kappa shape index (κ2) is 7.22. The van der Waals surface area contributed by atoms with E-state index in [0.29, 0.717) is 0 Å². The smallest absolute Gasteiger partial charge is 0.0973 e. The van der Waals surface area contributed by atoms with Crippen LogP contribution in [0.4, 0.5) is 0 Å². The average Bonchev–Trinajstić information content (AvgIpc) is 3.27. The lowest BCUT2D eigenvalue weighted by Gasteiger charge is -2.11. The predicted molar refractivity (Wildman–Crippen MR) is 141 cm³/mol. The first-order valence-electron chi connectivity index (χ1n) is 11.0. The number of para-hydroxylation sites is 2. The van der Waals surface area contributed by atoms with Crippen molar-refractivity contribution in [1.29, 1.82) is 0 Å². The maximum absolute atomic E-state index is 5.09. The topological polar surface area (TPSA) is 25.8 Å². The first kappa shape index (κ1) is 18.5. The molecule has 0 saturated heterocycles. The minimum absolute atomic E-state index is 0.910. The first-order chi connectivity index (χ1) is 16.3. The molecule has 0 amide bonds. The van der Waals surface area contributed by atoms with E-state index in [4.69, 9.17) is 9.97 Å². The number of benzene rings is 5. The van der Waals surface area contributed by atoms with Gasteiger partial charge in [-0.2, -0.15) is 0 Å². The summed E-state index contributed by atoms with van der Waals surface area (Å²) in [6.45, 7) is 0. The molecule has 2 nitrogen and oxygen atoms in total. The van der Waals surface area contributed by atoms with E-state index in [0.717, 1.165) is 33.5 Å². The zero-order valence-electron chi connectivity index (χ0n) is 17.7. The van der Waals surface area contributed by atoms with Crippen molar-refractivity contribution >= 4 is 53.3 Å². The van der Waals surface area contributed by atoms with E-state index in [9.17, 15) is 0 Å². The molecule has 0 radical (unpaired) electrons. The number of hydrogen-bond donors (Lipinski definition) is 0. The Kier molecular flexibility index (Phi) is 4.05. The molecule has 7 rings (SSSR count). The molecule has 0 bridgehead atoms. The van der Waals surface area contributed by atoms with Crippen LogP contribution in [0.2, 0.25) is 0 Å². The Balaban J connectivity index is 1.54. The monoisotopic (exact) mass is 438 g/mol. The van der Waals surface area contributed by atoms with E-state index in [1.165, 1.54) is 30.9 Å². The van der Waals surface area contributed by atoms with Gasteiger partial charge in [-0.05, 0) is 29.7 Å². The summed E-state index contributed by atoms with van der Waals surface area (Å²) in [6.07, 6.45) is 0. The molecule has 3 heteroatoms. The van der Waals surface area contributed by atoms with Crippen molar-refractivity contribution in [3.8, 4) is 22.5 Å². The van der Waals surface area contributed by atoms with Gasteiger partial charge in [-0.15, -0.1) is 11.3 Å². The minimum atomic E-state index is 0.910. The van der Waals surface area contributed by atoms with Crippen LogP contribution in [0, 0.1) is 0 Å². The third-order valence-corrected chi connectivity index (χ3v) is 7.47. The van der Waals surface area contributed by atoms with Crippen LogP contribution in [0.5, 0.6) is 0 Å². The van der Waals surface area contributed by atoms with Crippen molar-refractivity contribution < 1.29 is 0 Å². The zero-order valence-corrected chi connectivity index (χ0v) is 18.5. The van der Waals surface area contributed by atoms with E-state index >= 15 is 0 Å². The molecule has 0 atom stereocenters. The second-order valence-corrected chi connectivity index (χ2v) is 9.30. The molecule has 5 aromatic carbocycles. The van der Waals surface area contributed by atoms with E-state index in [1.807, 2.05) is 41.7 Å². The van der Waals surface area contributed by atoms with Gasteiger partial charge in [-0.3, -0.25) is 0 Å². The summed E-state index contributed by atoms with van der Waals surface area (Å²) in [5.41, 5.74) is 5.81. The third kappa shape index (κ3) is 2.94. The zero-order chi connectivity index (χ0) is 21.8. The van der Waals surface area contributed by atoms with E-state index in [2.05, 4.69) is 78.9 Å². The molecule has 0 N–H and O–H groups in total. The van der Waals surface area contributed by atoms with Gasteiger partial charge in [0.25, 0.3) is 0 Å². The fraction of sp³-hybridized carbons (Fsp3) is 0. The summed E-state index contributed by atoms with van der Waals surface area (Å²) in [4.78, 5) is 10.1. The number of rotatable bonds is 2. The summed E-state index contributed by atoms with van der Waals surface area (Å²) >= 11 is 1.86. The molecule has 33 heavy (non-hydrogen) atoms. The molecule has 2 aromatic heterocycles. The van der Waals surface area contributed by atoms with Crippen LogP contribution in [0.1, 0.15) is 0 Å². The summed E-state index contributed by atoms with van der Waals surface area (Å²) in [7, 11) is 0. The van der Waals surface area contributed by atoms with Gasteiger partial charge in [0.2, 0.25) is 0 Å². The Morgan fingerprint density at radius 1 is 0.485 bits per heavy atom. The molecule has 0 saturated carbocycles. The standard InChI is InChI=1S/C30H18N2S/c1-2-8-20(9-3-1)28-29(32-26-12-6-5-11-25(26)31-28)21-15-14-19-16-17-23-22-10-4-7-13-27(22)33-30(23)24(19)18-21/h1-18H. The lowest BCUT2D eigenvalue weighted by atomic mass is 9.99. The Morgan fingerprint density at radius 3 is 1.97 bits per heavy atom. The van der Waals surface area contributed by atoms with Crippen molar-refractivity contribution in [1.82, 2.24) is 9.97 Å². The maximum atomic E-state index is 5.09. The summed E-state index contributed by atoms with van der Waals surface area (Å²) < 4.78 is 2.64. The molecule has 0 fully saturated rings. The van der Waals surface area contributed by atoms with Crippen LogP contribution in [0.3, 0.4) is 0 Å². The van der Waals surface area contributed by atoms with Crippen LogP contribution < -0.4 is 0 Å². The summed E-state index contributed by atoms with van der Waals surface area (Å²) in [6, 6.07) is 38.2. The van der Waals surface area contributed by atoms with E-state index in [1.54, 1.807) is 0 Å². The molecule has 154 valence electrons. The Morgan fingerprint density at radius 2 is 1.15 bits per heavy atom. The van der Waals surface area contributed by atoms with Gasteiger partial charge < -0.3 is 0 Å². The molecular weight excluding hydrogens is 420 g/mol. The van der Waals surface area contributed by atoms with Gasteiger partial charge in [0.15, 0.2) is 0 Å². The highest BCUT2D eigenvalue weighted by atomic mass is 32.1. The number of hydrogen-bond acceptors (Lipinski definition) is 3. The van der Waals surface area contributed by atoms with Crippen molar-refractivity contribution in [3.05, 3.63) is 109 Å². The molecule has 0 aliphatic carbocycles. The lowest BCUT2D eigenvalue weighted by Crippen LogP contribution is -1.95. The van der Waals surface area contributed by atoms with Gasteiger partial charge in [0, 0.05) is 36.7 Å². The van der Waals surface area contributed by atoms with Gasteiger partial charge in [-0.25, -0.2) is 9.97 Å². The Hall–Kier alpha value is -4.08. The number of nitrogens with zero attached hydrogens (tertiary/aromatic N) is 2. The molecule has 0 unspecified atom stereocenters. The van der Waals surface area contributed by atoms with Gasteiger partial charge >= 0.3 is 0 Å². The highest BCUT2D eigenvalue weighted by Crippen LogP contribution is 2.40. The molecule has 0 aliphatic rings. The molecule has 0 spiro atoms. The van der Waals surface area contributed by atoms with Crippen molar-refractivity contribution in [2.75, 3.05) is 0 Å². The number of thiophene rings is 1. The highest BCUT2D eigenvalue weighted by Gasteiger charge is 2.15. The lowest BCUT2D eigenvalue weighted by molar-refractivity contribution is 1.29. The van der Waals surface area contributed by atoms with Gasteiger partial charge in [0.1, 0.15) is 0 Å². The van der Waals surface area contributed by atoms with Crippen LogP contribution >= 0.6 is 11.3 Å². The normalized spacial score (nSPS) is 11.6. The third-order valence-electron chi connectivity index (χ3n) is 6.25. The van der Waals surface area contributed by atoms with Gasteiger partial charge in [0.05, 0.1) is 22.4 Å². The fourth-order valence-corrected chi connectivity index (χ4v) is 5.88. The average molecular weight is 439 g/mol.